The Morgan fingerprint density at radius 3 is 0.847 bits per heavy atom. The van der Waals surface area contributed by atoms with Crippen molar-refractivity contribution in [2.24, 2.45) is 0 Å². The molecule has 0 fully saturated rings. The van der Waals surface area contributed by atoms with E-state index in [0.29, 0.717) is 12.8 Å². The Balaban J connectivity index is 3.38. The smallest absolute Gasteiger partial charge is 0.306 e. The van der Waals surface area contributed by atoms with Gasteiger partial charge >= 0.3 is 11.9 Å². The Hall–Kier alpha value is -2.14. The van der Waals surface area contributed by atoms with Crippen LogP contribution in [0.5, 0.6) is 0 Å². The van der Waals surface area contributed by atoms with Gasteiger partial charge in [-0.25, -0.2) is 0 Å². The average molecular weight is 1010 g/mol. The fourth-order valence-corrected chi connectivity index (χ4v) is 9.74. The van der Waals surface area contributed by atoms with Crippen LogP contribution in [0.25, 0.3) is 0 Å². The van der Waals surface area contributed by atoms with E-state index in [1.807, 2.05) is 0 Å². The molecule has 1 N–H and O–H groups in total. The topological polar surface area (TPSA) is 72.8 Å². The van der Waals surface area contributed by atoms with E-state index in [0.717, 1.165) is 51.4 Å². The molecule has 0 aliphatic rings. The molecule has 0 aliphatic heterocycles. The molecule has 0 aliphatic carbocycles. The third kappa shape index (κ3) is 60.4. The van der Waals surface area contributed by atoms with E-state index in [9.17, 15) is 14.7 Å². The van der Waals surface area contributed by atoms with Crippen LogP contribution in [0.4, 0.5) is 0 Å². The molecule has 0 aromatic heterocycles. The second kappa shape index (κ2) is 63.2. The van der Waals surface area contributed by atoms with E-state index in [2.05, 4.69) is 62.5 Å². The van der Waals surface area contributed by atoms with E-state index in [1.165, 1.54) is 270 Å². The summed E-state index contributed by atoms with van der Waals surface area (Å²) in [4.78, 5) is 24.5. The molecular weight excluding hydrogens is 885 g/mol. The van der Waals surface area contributed by atoms with Gasteiger partial charge in [0.25, 0.3) is 0 Å². The maximum atomic E-state index is 12.3. The van der Waals surface area contributed by atoms with E-state index < -0.39 is 6.10 Å². The SMILES string of the molecule is CCCCCCC/C=C\C/C=C\C/C=C\CCCCCCCCCCCCCCCCCCCCCCCCCCCCC(=O)OC(CO)COC(=O)CCCCCCCCC/C=C\CCCCCCCC. The van der Waals surface area contributed by atoms with Crippen LogP contribution in [0.2, 0.25) is 0 Å². The molecule has 0 bridgehead atoms. The minimum absolute atomic E-state index is 0.0635. The van der Waals surface area contributed by atoms with Crippen LogP contribution in [0, 0.1) is 0 Å². The van der Waals surface area contributed by atoms with Crippen LogP contribution in [-0.4, -0.2) is 36.4 Å². The molecule has 422 valence electrons. The number of esters is 2. The maximum Gasteiger partial charge on any atom is 0.306 e. The second-order valence-electron chi connectivity index (χ2n) is 21.8. The van der Waals surface area contributed by atoms with Crippen LogP contribution in [0.15, 0.2) is 48.6 Å². The van der Waals surface area contributed by atoms with Gasteiger partial charge in [0, 0.05) is 12.8 Å². The van der Waals surface area contributed by atoms with Gasteiger partial charge in [0.2, 0.25) is 0 Å². The van der Waals surface area contributed by atoms with Crippen LogP contribution in [-0.2, 0) is 19.1 Å². The number of ether oxygens (including phenoxy) is 2. The van der Waals surface area contributed by atoms with Crippen molar-refractivity contribution in [1.82, 2.24) is 0 Å². The zero-order valence-corrected chi connectivity index (χ0v) is 48.5. The molecule has 5 heteroatoms. The van der Waals surface area contributed by atoms with Crippen molar-refractivity contribution in [3.63, 3.8) is 0 Å². The molecule has 5 nitrogen and oxygen atoms in total. The lowest BCUT2D eigenvalue weighted by atomic mass is 10.0. The van der Waals surface area contributed by atoms with E-state index in [-0.39, 0.29) is 25.2 Å². The van der Waals surface area contributed by atoms with Crippen molar-refractivity contribution >= 4 is 11.9 Å². The van der Waals surface area contributed by atoms with Crippen molar-refractivity contribution in [3.8, 4) is 0 Å². The lowest BCUT2D eigenvalue weighted by Gasteiger charge is -2.15. The average Bonchev–Trinajstić information content (AvgIpc) is 3.38. The van der Waals surface area contributed by atoms with Gasteiger partial charge in [-0.05, 0) is 77.0 Å². The molecule has 0 aromatic carbocycles. The molecule has 1 unspecified atom stereocenters. The number of carbonyl (C=O) groups is 2. The number of aliphatic hydroxyl groups excluding tert-OH is 1. The fourth-order valence-electron chi connectivity index (χ4n) is 9.74. The quantitative estimate of drug-likeness (QED) is 0.0373. The highest BCUT2D eigenvalue weighted by Gasteiger charge is 2.16. The summed E-state index contributed by atoms with van der Waals surface area (Å²) in [7, 11) is 0. The fraction of sp³-hybridized carbons (Fsp3) is 0.851. The molecule has 72 heavy (non-hydrogen) atoms. The highest BCUT2D eigenvalue weighted by Crippen LogP contribution is 2.18. The van der Waals surface area contributed by atoms with Crippen LogP contribution >= 0.6 is 0 Å². The van der Waals surface area contributed by atoms with Crippen molar-refractivity contribution in [1.29, 1.82) is 0 Å². The number of unbranched alkanes of at least 4 members (excludes halogenated alkanes) is 44. The van der Waals surface area contributed by atoms with E-state index >= 15 is 0 Å². The molecule has 0 rings (SSSR count). The van der Waals surface area contributed by atoms with E-state index in [4.69, 9.17) is 9.47 Å². The number of hydrogen-bond acceptors (Lipinski definition) is 5. The molecule has 0 saturated carbocycles. The largest absolute Gasteiger partial charge is 0.462 e. The van der Waals surface area contributed by atoms with Gasteiger partial charge in [0.15, 0.2) is 6.10 Å². The zero-order chi connectivity index (χ0) is 52.0. The van der Waals surface area contributed by atoms with Crippen molar-refractivity contribution in [2.75, 3.05) is 13.2 Å². The van der Waals surface area contributed by atoms with Crippen molar-refractivity contribution in [3.05, 3.63) is 48.6 Å². The monoisotopic (exact) mass is 1010 g/mol. The Morgan fingerprint density at radius 2 is 0.556 bits per heavy atom. The summed E-state index contributed by atoms with van der Waals surface area (Å²) in [6, 6.07) is 0. The number of allylic oxidation sites excluding steroid dienone is 8. The molecular formula is C67H124O5. The van der Waals surface area contributed by atoms with Gasteiger partial charge in [0.1, 0.15) is 6.61 Å². The van der Waals surface area contributed by atoms with E-state index in [1.54, 1.807) is 0 Å². The summed E-state index contributed by atoms with van der Waals surface area (Å²) >= 11 is 0. The molecule has 0 amide bonds. The second-order valence-corrected chi connectivity index (χ2v) is 21.8. The van der Waals surface area contributed by atoms with Gasteiger partial charge in [-0.3, -0.25) is 9.59 Å². The Bertz CT molecular complexity index is 1190. The molecule has 0 spiro atoms. The Morgan fingerprint density at radius 1 is 0.319 bits per heavy atom. The Kier molecular flexibility index (Phi) is 61.3. The summed E-state index contributed by atoms with van der Waals surface area (Å²) in [5, 5.41) is 9.66. The number of rotatable bonds is 60. The van der Waals surface area contributed by atoms with Crippen LogP contribution in [0.3, 0.4) is 0 Å². The summed E-state index contributed by atoms with van der Waals surface area (Å²) in [5.74, 6) is -0.578. The molecule has 0 heterocycles. The van der Waals surface area contributed by atoms with Crippen molar-refractivity contribution in [2.45, 2.75) is 354 Å². The minimum atomic E-state index is -0.772. The van der Waals surface area contributed by atoms with Crippen LogP contribution < -0.4 is 0 Å². The number of carbonyl (C=O) groups excluding carboxylic acids is 2. The number of hydrogen-bond donors (Lipinski definition) is 1. The molecule has 0 aromatic rings. The molecule has 0 radical (unpaired) electrons. The third-order valence-electron chi connectivity index (χ3n) is 14.6. The first kappa shape index (κ1) is 69.9. The van der Waals surface area contributed by atoms with Gasteiger partial charge in [-0.1, -0.05) is 306 Å². The lowest BCUT2D eigenvalue weighted by molar-refractivity contribution is -0.161. The normalized spacial score (nSPS) is 12.4. The summed E-state index contributed by atoms with van der Waals surface area (Å²) < 4.78 is 10.7. The third-order valence-corrected chi connectivity index (χ3v) is 14.6. The van der Waals surface area contributed by atoms with Crippen molar-refractivity contribution < 1.29 is 24.2 Å². The lowest BCUT2D eigenvalue weighted by Crippen LogP contribution is -2.28. The highest BCUT2D eigenvalue weighted by molar-refractivity contribution is 5.70. The standard InChI is InChI=1S/C67H124O5/c1-3-5-7-9-11-13-15-17-19-21-22-23-24-25-26-27-28-29-30-31-32-33-34-35-36-37-38-39-40-41-42-43-44-46-48-50-52-54-56-58-60-62-67(70)72-65(63-68)64-71-66(69)61-59-57-55-53-51-49-47-45-20-18-16-14-12-10-8-6-4-2/h15,17-18,20-22,24-25,65,68H,3-14,16,19,23,26-64H2,1-2H3/b17-15-,20-18-,22-21-,25-24-. The van der Waals surface area contributed by atoms with Gasteiger partial charge < -0.3 is 14.6 Å². The molecule has 1 atom stereocenters. The summed E-state index contributed by atoms with van der Waals surface area (Å²) in [6.07, 6.45) is 84.2. The van der Waals surface area contributed by atoms with Crippen LogP contribution in [0.1, 0.15) is 348 Å². The summed E-state index contributed by atoms with van der Waals surface area (Å²) in [5.41, 5.74) is 0. The summed E-state index contributed by atoms with van der Waals surface area (Å²) in [6.45, 7) is 4.16. The van der Waals surface area contributed by atoms with Gasteiger partial charge in [-0.15, -0.1) is 0 Å². The zero-order valence-electron chi connectivity index (χ0n) is 48.5. The van der Waals surface area contributed by atoms with Gasteiger partial charge in [0.05, 0.1) is 6.61 Å². The number of aliphatic hydroxyl groups is 1. The minimum Gasteiger partial charge on any atom is -0.462 e. The Labute approximate surface area is 449 Å². The molecule has 0 saturated heterocycles. The predicted octanol–water partition coefficient (Wildman–Crippen LogP) is 22.0. The first-order valence-corrected chi connectivity index (χ1v) is 32.2. The first-order valence-electron chi connectivity index (χ1n) is 32.2. The predicted molar refractivity (Wildman–Crippen MR) is 316 cm³/mol. The first-order chi connectivity index (χ1) is 35.6. The maximum absolute atomic E-state index is 12.3. The van der Waals surface area contributed by atoms with Gasteiger partial charge in [-0.2, -0.15) is 0 Å². The highest BCUT2D eigenvalue weighted by atomic mass is 16.6.